The van der Waals surface area contributed by atoms with Crippen LogP contribution < -0.4 is 5.32 Å². The molecule has 1 aliphatic carbocycles. The van der Waals surface area contributed by atoms with Crippen molar-refractivity contribution in [3.63, 3.8) is 0 Å². The van der Waals surface area contributed by atoms with Crippen molar-refractivity contribution in [1.29, 1.82) is 0 Å². The second-order valence-corrected chi connectivity index (χ2v) is 3.94. The third-order valence-corrected chi connectivity index (χ3v) is 3.00. The Morgan fingerprint density at radius 3 is 2.69 bits per heavy atom. The number of amides is 1. The van der Waals surface area contributed by atoms with Crippen LogP contribution in [0.25, 0.3) is 0 Å². The van der Waals surface area contributed by atoms with Gasteiger partial charge >= 0.3 is 0 Å². The van der Waals surface area contributed by atoms with E-state index in [-0.39, 0.29) is 11.7 Å². The number of carbonyl (C=O) groups excluding carboxylic acids is 2. The maximum absolute atomic E-state index is 11.6. The van der Waals surface area contributed by atoms with Crippen molar-refractivity contribution in [2.75, 3.05) is 0 Å². The van der Waals surface area contributed by atoms with Gasteiger partial charge in [-0.2, -0.15) is 0 Å². The normalized spacial score (nSPS) is 34.8. The zero-order valence-electron chi connectivity index (χ0n) is 7.64. The van der Waals surface area contributed by atoms with Crippen LogP contribution in [0.15, 0.2) is 0 Å². The minimum atomic E-state index is -0.506. The summed E-state index contributed by atoms with van der Waals surface area (Å²) in [6, 6.07) is 0. The van der Waals surface area contributed by atoms with Crippen LogP contribution in [0.4, 0.5) is 0 Å². The second kappa shape index (κ2) is 3.13. The Morgan fingerprint density at radius 2 is 2.00 bits per heavy atom. The molecular weight excluding hydrogens is 166 g/mol. The lowest BCUT2D eigenvalue weighted by Crippen LogP contribution is -2.58. The zero-order valence-corrected chi connectivity index (χ0v) is 7.64. The Kier molecular flexibility index (Phi) is 2.10. The fraction of sp³-hybridized carbons (Fsp3) is 0.700. The van der Waals surface area contributed by atoms with Crippen molar-refractivity contribution < 1.29 is 9.59 Å². The summed E-state index contributed by atoms with van der Waals surface area (Å²) in [7, 11) is 0. The van der Waals surface area contributed by atoms with Gasteiger partial charge in [0, 0.05) is 12.8 Å². The summed E-state index contributed by atoms with van der Waals surface area (Å²) in [5.74, 6) is 0.168. The van der Waals surface area contributed by atoms with E-state index in [1.54, 1.807) is 6.42 Å². The van der Waals surface area contributed by atoms with Gasteiger partial charge in [0.15, 0.2) is 5.78 Å². The average Bonchev–Trinajstić information content (AvgIpc) is 2.11. The van der Waals surface area contributed by atoms with E-state index in [9.17, 15) is 9.59 Å². The summed E-state index contributed by atoms with van der Waals surface area (Å²) in [6.07, 6.45) is 6.71. The first-order chi connectivity index (χ1) is 6.23. The van der Waals surface area contributed by atoms with Crippen LogP contribution in [0.1, 0.15) is 38.5 Å². The highest BCUT2D eigenvalue weighted by atomic mass is 16.2. The fourth-order valence-electron chi connectivity index (χ4n) is 2.27. The van der Waals surface area contributed by atoms with E-state index in [0.717, 1.165) is 32.1 Å². The molecular formula is C10H14NO2. The number of rotatable bonds is 0. The lowest BCUT2D eigenvalue weighted by Gasteiger charge is -2.39. The average molecular weight is 180 g/mol. The molecule has 0 aromatic rings. The molecule has 1 aliphatic heterocycles. The predicted molar refractivity (Wildman–Crippen MR) is 47.9 cm³/mol. The van der Waals surface area contributed by atoms with Crippen LogP contribution in [0.3, 0.4) is 0 Å². The molecule has 3 nitrogen and oxygen atoms in total. The number of nitrogens with one attached hydrogen (secondary N) is 1. The molecule has 1 radical (unpaired) electrons. The molecule has 0 aromatic carbocycles. The van der Waals surface area contributed by atoms with E-state index < -0.39 is 5.54 Å². The van der Waals surface area contributed by atoms with Crippen LogP contribution >= 0.6 is 0 Å². The Labute approximate surface area is 77.9 Å². The summed E-state index contributed by atoms with van der Waals surface area (Å²) in [4.78, 5) is 22.9. The standard InChI is InChI=1S/C10H14NO2/c12-8-4-1-2-6-10(8)7-3-5-9(13)11-10/h4H,1-3,5-7H2,(H,11,13). The van der Waals surface area contributed by atoms with Gasteiger partial charge in [0.25, 0.3) is 0 Å². The lowest BCUT2D eigenvalue weighted by molar-refractivity contribution is -0.134. The first-order valence-electron chi connectivity index (χ1n) is 4.92. The highest BCUT2D eigenvalue weighted by Gasteiger charge is 2.42. The monoisotopic (exact) mass is 180 g/mol. The largest absolute Gasteiger partial charge is 0.344 e. The minimum absolute atomic E-state index is 0.0369. The fourth-order valence-corrected chi connectivity index (χ4v) is 2.27. The zero-order chi connectivity index (χ0) is 9.31. The molecule has 2 rings (SSSR count). The third-order valence-electron chi connectivity index (χ3n) is 3.00. The van der Waals surface area contributed by atoms with Gasteiger partial charge in [-0.05, 0) is 32.1 Å². The molecule has 0 bridgehead atoms. The Balaban J connectivity index is 2.16. The van der Waals surface area contributed by atoms with Crippen molar-refractivity contribution >= 4 is 11.7 Å². The molecule has 1 unspecified atom stereocenters. The SMILES string of the molecule is O=C1CCCC2(CCC[CH]C2=O)N1. The maximum atomic E-state index is 11.6. The second-order valence-electron chi connectivity index (χ2n) is 3.94. The number of Topliss-reactive ketones (excluding diaryl/α,β-unsaturated/α-hetero) is 1. The molecule has 1 atom stereocenters. The summed E-state index contributed by atoms with van der Waals surface area (Å²) >= 11 is 0. The van der Waals surface area contributed by atoms with Crippen molar-refractivity contribution in [2.24, 2.45) is 0 Å². The van der Waals surface area contributed by atoms with Crippen molar-refractivity contribution in [1.82, 2.24) is 5.32 Å². The third kappa shape index (κ3) is 1.47. The Hall–Kier alpha value is -0.860. The highest BCUT2D eigenvalue weighted by Crippen LogP contribution is 2.31. The molecule has 2 aliphatic rings. The number of ketones is 1. The highest BCUT2D eigenvalue weighted by molar-refractivity contribution is 5.99. The van der Waals surface area contributed by atoms with E-state index >= 15 is 0 Å². The number of hydrogen-bond acceptors (Lipinski definition) is 2. The van der Waals surface area contributed by atoms with Gasteiger partial charge in [0.05, 0.1) is 5.54 Å². The van der Waals surface area contributed by atoms with E-state index in [1.165, 1.54) is 0 Å². The molecule has 3 heteroatoms. The topological polar surface area (TPSA) is 46.2 Å². The smallest absolute Gasteiger partial charge is 0.220 e. The Morgan fingerprint density at radius 1 is 1.23 bits per heavy atom. The first-order valence-corrected chi connectivity index (χ1v) is 4.92. The maximum Gasteiger partial charge on any atom is 0.220 e. The molecule has 1 saturated carbocycles. The Bertz CT molecular complexity index is 245. The molecule has 1 spiro atoms. The van der Waals surface area contributed by atoms with Gasteiger partial charge in [0.2, 0.25) is 5.91 Å². The van der Waals surface area contributed by atoms with Gasteiger partial charge in [-0.3, -0.25) is 9.59 Å². The van der Waals surface area contributed by atoms with Gasteiger partial charge in [0.1, 0.15) is 0 Å². The van der Waals surface area contributed by atoms with Crippen molar-refractivity contribution in [2.45, 2.75) is 44.1 Å². The van der Waals surface area contributed by atoms with Crippen molar-refractivity contribution in [3.8, 4) is 0 Å². The molecule has 1 N–H and O–H groups in total. The molecule has 13 heavy (non-hydrogen) atoms. The predicted octanol–water partition coefficient (Wildman–Crippen LogP) is 0.983. The van der Waals surface area contributed by atoms with Gasteiger partial charge in [-0.1, -0.05) is 0 Å². The number of carbonyl (C=O) groups is 2. The van der Waals surface area contributed by atoms with E-state index in [4.69, 9.17) is 0 Å². The molecule has 1 amide bonds. The van der Waals surface area contributed by atoms with E-state index in [1.807, 2.05) is 0 Å². The van der Waals surface area contributed by atoms with Gasteiger partial charge in [-0.25, -0.2) is 0 Å². The van der Waals surface area contributed by atoms with Crippen LogP contribution in [-0.2, 0) is 9.59 Å². The van der Waals surface area contributed by atoms with E-state index in [0.29, 0.717) is 6.42 Å². The van der Waals surface area contributed by atoms with Crippen LogP contribution in [0, 0.1) is 6.42 Å². The first kappa shape index (κ1) is 8.73. The molecule has 1 heterocycles. The summed E-state index contributed by atoms with van der Waals surface area (Å²) in [5, 5.41) is 2.86. The lowest BCUT2D eigenvalue weighted by atomic mass is 9.75. The molecule has 71 valence electrons. The van der Waals surface area contributed by atoms with Crippen LogP contribution in [0.2, 0.25) is 0 Å². The minimum Gasteiger partial charge on any atom is -0.344 e. The number of hydrogen-bond donors (Lipinski definition) is 1. The molecule has 2 fully saturated rings. The summed E-state index contributed by atoms with van der Waals surface area (Å²) in [6.45, 7) is 0. The van der Waals surface area contributed by atoms with E-state index in [2.05, 4.69) is 5.32 Å². The number of piperidine rings is 1. The molecule has 1 saturated heterocycles. The summed E-state index contributed by atoms with van der Waals surface area (Å²) < 4.78 is 0. The summed E-state index contributed by atoms with van der Waals surface area (Å²) in [5.41, 5.74) is -0.506. The van der Waals surface area contributed by atoms with Gasteiger partial charge < -0.3 is 5.32 Å². The van der Waals surface area contributed by atoms with Gasteiger partial charge in [-0.15, -0.1) is 0 Å². The van der Waals surface area contributed by atoms with Crippen molar-refractivity contribution in [3.05, 3.63) is 6.42 Å². The molecule has 0 aromatic heterocycles. The van der Waals surface area contributed by atoms with Crippen LogP contribution in [0.5, 0.6) is 0 Å². The van der Waals surface area contributed by atoms with Crippen LogP contribution in [-0.4, -0.2) is 17.2 Å². The quantitative estimate of drug-likeness (QED) is 0.604.